The number of carbonyl (C=O) groups is 2. The van der Waals surface area contributed by atoms with E-state index in [1.807, 2.05) is 0 Å². The minimum Gasteiger partial charge on any atom is -0.462 e. The smallest absolute Gasteiger partial charge is 0.348 e. The minimum atomic E-state index is -3.58. The van der Waals surface area contributed by atoms with Gasteiger partial charge >= 0.3 is 5.97 Å². The average Bonchev–Trinajstić information content (AvgIpc) is 3.41. The molecular formula is C23H19NO6S2. The van der Waals surface area contributed by atoms with Gasteiger partial charge in [0.25, 0.3) is 5.91 Å². The third-order valence-corrected chi connectivity index (χ3v) is 7.32. The van der Waals surface area contributed by atoms with Crippen LogP contribution in [0.3, 0.4) is 0 Å². The SMILES string of the molecule is CCOC(=O)c1cc2cc(NC(=O)c3ccc(CS(=O)(=O)c4ccccc4)o3)ccc2s1. The molecule has 2 aromatic carbocycles. The van der Waals surface area contributed by atoms with E-state index in [2.05, 4.69) is 5.32 Å². The summed E-state index contributed by atoms with van der Waals surface area (Å²) in [5.74, 6) is -1.06. The molecule has 0 unspecified atom stereocenters. The van der Waals surface area contributed by atoms with Crippen LogP contribution in [-0.4, -0.2) is 26.9 Å². The fourth-order valence-corrected chi connectivity index (χ4v) is 5.30. The second-order valence-corrected chi connectivity index (χ2v) is 9.95. The lowest BCUT2D eigenvalue weighted by Crippen LogP contribution is -2.10. The molecule has 0 aliphatic rings. The van der Waals surface area contributed by atoms with Crippen LogP contribution in [0, 0.1) is 0 Å². The van der Waals surface area contributed by atoms with Crippen LogP contribution >= 0.6 is 11.3 Å². The van der Waals surface area contributed by atoms with Crippen molar-refractivity contribution in [3.63, 3.8) is 0 Å². The standard InChI is InChI=1S/C23H19NO6S2/c1-2-29-23(26)21-13-15-12-16(8-11-20(15)31-21)24-22(25)19-10-9-17(30-19)14-32(27,28)18-6-4-3-5-7-18/h3-13H,2,14H2,1H3,(H,24,25). The minimum absolute atomic E-state index is 0.000824. The third kappa shape index (κ3) is 4.74. The lowest BCUT2D eigenvalue weighted by Gasteiger charge is -2.04. The lowest BCUT2D eigenvalue weighted by atomic mass is 10.2. The van der Waals surface area contributed by atoms with Gasteiger partial charge in [0.2, 0.25) is 0 Å². The van der Waals surface area contributed by atoms with Crippen molar-refractivity contribution in [2.45, 2.75) is 17.6 Å². The number of nitrogens with one attached hydrogen (secondary N) is 1. The maximum Gasteiger partial charge on any atom is 0.348 e. The van der Waals surface area contributed by atoms with Gasteiger partial charge in [-0.15, -0.1) is 11.3 Å². The maximum atomic E-state index is 12.6. The first-order chi connectivity index (χ1) is 15.4. The van der Waals surface area contributed by atoms with Crippen molar-refractivity contribution in [2.24, 2.45) is 0 Å². The molecule has 0 radical (unpaired) electrons. The van der Waals surface area contributed by atoms with Crippen molar-refractivity contribution in [3.8, 4) is 0 Å². The zero-order valence-electron chi connectivity index (χ0n) is 17.0. The third-order valence-electron chi connectivity index (χ3n) is 4.57. The average molecular weight is 470 g/mol. The first kappa shape index (κ1) is 21.8. The molecule has 1 N–H and O–H groups in total. The van der Waals surface area contributed by atoms with Crippen molar-refractivity contribution in [1.29, 1.82) is 0 Å². The van der Waals surface area contributed by atoms with E-state index in [1.54, 1.807) is 49.4 Å². The van der Waals surface area contributed by atoms with Crippen LogP contribution < -0.4 is 5.32 Å². The summed E-state index contributed by atoms with van der Waals surface area (Å²) in [6.07, 6.45) is 0. The molecule has 0 saturated carbocycles. The van der Waals surface area contributed by atoms with Crippen molar-refractivity contribution in [1.82, 2.24) is 0 Å². The van der Waals surface area contributed by atoms with Gasteiger partial charge in [0.1, 0.15) is 16.4 Å². The van der Waals surface area contributed by atoms with Crippen LogP contribution in [0.2, 0.25) is 0 Å². The van der Waals surface area contributed by atoms with E-state index in [0.29, 0.717) is 17.2 Å². The van der Waals surface area contributed by atoms with Gasteiger partial charge in [0.15, 0.2) is 15.6 Å². The molecule has 0 aliphatic heterocycles. The van der Waals surface area contributed by atoms with E-state index in [9.17, 15) is 18.0 Å². The zero-order valence-corrected chi connectivity index (χ0v) is 18.7. The molecule has 0 saturated heterocycles. The number of anilines is 1. The highest BCUT2D eigenvalue weighted by Gasteiger charge is 2.19. The normalized spacial score (nSPS) is 11.4. The van der Waals surface area contributed by atoms with Crippen LogP contribution in [0.5, 0.6) is 0 Å². The van der Waals surface area contributed by atoms with Crippen LogP contribution in [0.4, 0.5) is 5.69 Å². The Bertz CT molecular complexity index is 1390. The van der Waals surface area contributed by atoms with E-state index in [4.69, 9.17) is 9.15 Å². The molecule has 0 aliphatic carbocycles. The number of hydrogen-bond donors (Lipinski definition) is 1. The molecule has 7 nitrogen and oxygen atoms in total. The fraction of sp³-hybridized carbons (Fsp3) is 0.130. The molecule has 32 heavy (non-hydrogen) atoms. The van der Waals surface area contributed by atoms with Crippen LogP contribution in [-0.2, 0) is 20.3 Å². The summed E-state index contributed by atoms with van der Waals surface area (Å²) in [6, 6.07) is 18.0. The number of thiophene rings is 1. The Hall–Kier alpha value is -3.43. The number of amides is 1. The number of hydrogen-bond acceptors (Lipinski definition) is 7. The molecule has 9 heteroatoms. The van der Waals surface area contributed by atoms with E-state index in [0.717, 1.165) is 10.1 Å². The largest absolute Gasteiger partial charge is 0.462 e. The fourth-order valence-electron chi connectivity index (χ4n) is 3.09. The number of carbonyl (C=O) groups excluding carboxylic acids is 2. The number of benzene rings is 2. The van der Waals surface area contributed by atoms with Gasteiger partial charge in [0, 0.05) is 10.4 Å². The Labute approximate surface area is 188 Å². The highest BCUT2D eigenvalue weighted by molar-refractivity contribution is 7.90. The Morgan fingerprint density at radius 2 is 1.81 bits per heavy atom. The monoisotopic (exact) mass is 469 g/mol. The molecule has 2 aromatic heterocycles. The van der Waals surface area contributed by atoms with Crippen LogP contribution in [0.1, 0.15) is 32.9 Å². The second-order valence-electron chi connectivity index (χ2n) is 6.88. The van der Waals surface area contributed by atoms with Gasteiger partial charge < -0.3 is 14.5 Å². The summed E-state index contributed by atoms with van der Waals surface area (Å²) < 4.78 is 36.4. The quantitative estimate of drug-likeness (QED) is 0.386. The van der Waals surface area contributed by atoms with E-state index < -0.39 is 15.7 Å². The first-order valence-electron chi connectivity index (χ1n) is 9.74. The van der Waals surface area contributed by atoms with Gasteiger partial charge in [0.05, 0.1) is 11.5 Å². The Morgan fingerprint density at radius 3 is 2.56 bits per heavy atom. The molecule has 0 spiro atoms. The molecule has 164 valence electrons. The summed E-state index contributed by atoms with van der Waals surface area (Å²) in [6.45, 7) is 2.04. The maximum absolute atomic E-state index is 12.6. The van der Waals surface area contributed by atoms with Crippen LogP contribution in [0.15, 0.2) is 76.0 Å². The second kappa shape index (κ2) is 8.97. The van der Waals surface area contributed by atoms with Gasteiger partial charge in [-0.1, -0.05) is 18.2 Å². The number of sulfone groups is 1. The number of ether oxygens (including phenoxy) is 1. The topological polar surface area (TPSA) is 103 Å². The molecule has 2 heterocycles. The van der Waals surface area contributed by atoms with Crippen molar-refractivity contribution < 1.29 is 27.2 Å². The Kier molecular flexibility index (Phi) is 6.11. The molecule has 4 rings (SSSR count). The van der Waals surface area contributed by atoms with Crippen molar-refractivity contribution in [2.75, 3.05) is 11.9 Å². The Morgan fingerprint density at radius 1 is 1.03 bits per heavy atom. The van der Waals surface area contributed by atoms with E-state index >= 15 is 0 Å². The zero-order chi connectivity index (χ0) is 22.7. The predicted octanol–water partition coefficient (Wildman–Crippen LogP) is 4.90. The lowest BCUT2D eigenvalue weighted by molar-refractivity contribution is 0.0532. The summed E-state index contributed by atoms with van der Waals surface area (Å²) in [7, 11) is -3.58. The van der Waals surface area contributed by atoms with Gasteiger partial charge in [-0.2, -0.15) is 0 Å². The number of esters is 1. The van der Waals surface area contributed by atoms with Crippen molar-refractivity contribution in [3.05, 3.63) is 83.1 Å². The summed E-state index contributed by atoms with van der Waals surface area (Å²) in [4.78, 5) is 25.2. The molecule has 0 atom stereocenters. The number of fused-ring (bicyclic) bond motifs is 1. The van der Waals surface area contributed by atoms with Gasteiger partial charge in [-0.25, -0.2) is 13.2 Å². The summed E-state index contributed by atoms with van der Waals surface area (Å²) in [5.41, 5.74) is 0.519. The summed E-state index contributed by atoms with van der Waals surface area (Å²) >= 11 is 1.31. The summed E-state index contributed by atoms with van der Waals surface area (Å²) in [5, 5.41) is 3.52. The van der Waals surface area contributed by atoms with Gasteiger partial charge in [-0.05, 0) is 60.8 Å². The van der Waals surface area contributed by atoms with E-state index in [1.165, 1.54) is 35.6 Å². The first-order valence-corrected chi connectivity index (χ1v) is 12.2. The highest BCUT2D eigenvalue weighted by Crippen LogP contribution is 2.29. The molecule has 0 fully saturated rings. The molecular weight excluding hydrogens is 450 g/mol. The molecule has 1 amide bonds. The molecule has 0 bridgehead atoms. The van der Waals surface area contributed by atoms with Gasteiger partial charge in [-0.3, -0.25) is 4.79 Å². The number of furan rings is 1. The predicted molar refractivity (Wildman–Crippen MR) is 122 cm³/mol. The van der Waals surface area contributed by atoms with Crippen LogP contribution in [0.25, 0.3) is 10.1 Å². The number of rotatable bonds is 7. The molecule has 4 aromatic rings. The Balaban J connectivity index is 1.47. The highest BCUT2D eigenvalue weighted by atomic mass is 32.2. The van der Waals surface area contributed by atoms with Crippen molar-refractivity contribution >= 4 is 48.8 Å². The van der Waals surface area contributed by atoms with E-state index in [-0.39, 0.29) is 28.1 Å².